The number of hydrogen-bond acceptors (Lipinski definition) is 4. The van der Waals surface area contributed by atoms with Gasteiger partial charge in [-0.3, -0.25) is 0 Å². The second-order valence-electron chi connectivity index (χ2n) is 7.98. The zero-order valence-corrected chi connectivity index (χ0v) is 17.7. The van der Waals surface area contributed by atoms with E-state index in [1.54, 1.807) is 0 Å². The molecule has 206 valence electrons. The van der Waals surface area contributed by atoms with Crippen molar-refractivity contribution in [3.05, 3.63) is 23.8 Å². The van der Waals surface area contributed by atoms with Crippen LogP contribution >= 0.6 is 0 Å². The van der Waals surface area contributed by atoms with Crippen LogP contribution in [0, 0.1) is 0 Å². The van der Waals surface area contributed by atoms with Crippen molar-refractivity contribution in [1.29, 1.82) is 0 Å². The minimum atomic E-state index is -6.90. The zero-order chi connectivity index (χ0) is 28.9. The number of carbonyl (C=O) groups is 2. The summed E-state index contributed by atoms with van der Waals surface area (Å²) in [5.74, 6) is -36.0. The third-order valence-electron chi connectivity index (χ3n) is 4.19. The molecule has 0 saturated carbocycles. The summed E-state index contributed by atoms with van der Waals surface area (Å²) in [6.07, 6.45) is -13.8. The summed E-state index contributed by atoms with van der Waals surface area (Å²) in [6.45, 7) is 3.38. The number of alkyl halides is 14. The molecule has 1 aromatic carbocycles. The van der Waals surface area contributed by atoms with Gasteiger partial charge in [-0.15, -0.1) is 0 Å². The van der Waals surface area contributed by atoms with E-state index < -0.39 is 70.5 Å². The van der Waals surface area contributed by atoms with Crippen LogP contribution in [0.3, 0.4) is 0 Å². The number of rotatable bonds is 6. The molecule has 0 bridgehead atoms. The molecular weight excluding hydrogens is 546 g/mol. The molecule has 0 heterocycles. The summed E-state index contributed by atoms with van der Waals surface area (Å²) >= 11 is 0. The average Bonchev–Trinajstić information content (AvgIpc) is 2.65. The SMILES string of the molecule is CC(C)(C)c1cc(OC(=O)C(F)(F)C(F)(F)C(F)(F)F)ccc1OC(=O)C(F)(F)C(F)(F)C(F)(F)F. The third kappa shape index (κ3) is 5.45. The van der Waals surface area contributed by atoms with Gasteiger partial charge in [-0.05, 0) is 23.6 Å². The van der Waals surface area contributed by atoms with Gasteiger partial charge in [0.2, 0.25) is 0 Å². The van der Waals surface area contributed by atoms with Crippen LogP contribution in [0.4, 0.5) is 61.5 Å². The molecule has 0 radical (unpaired) electrons. The number of hydrogen-bond donors (Lipinski definition) is 0. The van der Waals surface area contributed by atoms with E-state index in [2.05, 4.69) is 9.47 Å². The molecule has 0 N–H and O–H groups in total. The van der Waals surface area contributed by atoms with E-state index in [9.17, 15) is 71.1 Å². The Balaban J connectivity index is 3.40. The van der Waals surface area contributed by atoms with E-state index in [4.69, 9.17) is 0 Å². The lowest BCUT2D eigenvalue weighted by Crippen LogP contribution is -2.57. The highest BCUT2D eigenvalue weighted by atomic mass is 19.4. The van der Waals surface area contributed by atoms with Crippen LogP contribution in [0.25, 0.3) is 0 Å². The van der Waals surface area contributed by atoms with Crippen molar-refractivity contribution in [2.45, 2.75) is 62.2 Å². The maximum atomic E-state index is 13.5. The maximum Gasteiger partial charge on any atom is 0.460 e. The van der Waals surface area contributed by atoms with Crippen molar-refractivity contribution < 1.29 is 80.5 Å². The van der Waals surface area contributed by atoms with Gasteiger partial charge in [0.1, 0.15) is 11.5 Å². The molecule has 0 fully saturated rings. The third-order valence-corrected chi connectivity index (χ3v) is 4.19. The normalized spacial score (nSPS) is 14.5. The van der Waals surface area contributed by atoms with Crippen LogP contribution in [0.1, 0.15) is 26.3 Å². The lowest BCUT2D eigenvalue weighted by atomic mass is 9.86. The Kier molecular flexibility index (Phi) is 7.74. The fraction of sp³-hybridized carbons (Fsp3) is 0.556. The molecule has 0 amide bonds. The Bertz CT molecular complexity index is 1000. The van der Waals surface area contributed by atoms with Gasteiger partial charge in [-0.1, -0.05) is 20.8 Å². The molecule has 0 aliphatic carbocycles. The summed E-state index contributed by atoms with van der Waals surface area (Å²) in [6, 6.07) is 0.767. The lowest BCUT2D eigenvalue weighted by molar-refractivity contribution is -0.346. The molecule has 1 rings (SSSR count). The smallest absolute Gasteiger partial charge is 0.422 e. The van der Waals surface area contributed by atoms with Crippen molar-refractivity contribution in [2.24, 2.45) is 0 Å². The Morgan fingerprint density at radius 3 is 1.31 bits per heavy atom. The van der Waals surface area contributed by atoms with E-state index in [0.717, 1.165) is 20.8 Å². The number of ether oxygens (including phenoxy) is 2. The highest BCUT2D eigenvalue weighted by Crippen LogP contribution is 2.49. The predicted molar refractivity (Wildman–Crippen MR) is 88.3 cm³/mol. The monoisotopic (exact) mass is 558 g/mol. The second-order valence-corrected chi connectivity index (χ2v) is 7.98. The molecule has 0 atom stereocenters. The van der Waals surface area contributed by atoms with E-state index in [0.29, 0.717) is 6.07 Å². The molecule has 18 heteroatoms. The molecule has 36 heavy (non-hydrogen) atoms. The van der Waals surface area contributed by atoms with Gasteiger partial charge >= 0.3 is 48.0 Å². The van der Waals surface area contributed by atoms with Crippen LogP contribution < -0.4 is 9.47 Å². The average molecular weight is 558 g/mol. The predicted octanol–water partition coefficient (Wildman–Crippen LogP) is 6.46. The van der Waals surface area contributed by atoms with Crippen LogP contribution in [0.5, 0.6) is 11.5 Å². The Labute approximate surface area is 191 Å². The fourth-order valence-electron chi connectivity index (χ4n) is 2.20. The number of carbonyl (C=O) groups excluding carboxylic acids is 2. The van der Waals surface area contributed by atoms with Crippen LogP contribution in [0.15, 0.2) is 18.2 Å². The van der Waals surface area contributed by atoms with Crippen molar-refractivity contribution in [1.82, 2.24) is 0 Å². The number of esters is 2. The summed E-state index contributed by atoms with van der Waals surface area (Å²) in [5, 5.41) is 0. The first-order valence-electron chi connectivity index (χ1n) is 8.86. The first kappa shape index (κ1) is 31.2. The van der Waals surface area contributed by atoms with Gasteiger partial charge in [0.15, 0.2) is 0 Å². The standard InChI is InChI=1S/C18H12F14O4/c1-12(2,3)8-6-7(35-10(33)13(19,20)15(23,24)17(27,28)29)4-5-9(8)36-11(34)14(21,22)16(25,26)18(30,31)32/h4-6H,1-3H3. The molecule has 0 aliphatic heterocycles. The van der Waals surface area contributed by atoms with Crippen molar-refractivity contribution in [3.63, 3.8) is 0 Å². The summed E-state index contributed by atoms with van der Waals surface area (Å²) in [5.41, 5.74) is -2.20. The van der Waals surface area contributed by atoms with Crippen molar-refractivity contribution in [2.75, 3.05) is 0 Å². The minimum absolute atomic E-state index is 0.206. The zero-order valence-electron chi connectivity index (χ0n) is 17.7. The first-order valence-corrected chi connectivity index (χ1v) is 8.86. The van der Waals surface area contributed by atoms with E-state index in [-0.39, 0.29) is 12.1 Å². The van der Waals surface area contributed by atoms with Crippen LogP contribution in [-0.4, -0.2) is 48.0 Å². The molecule has 1 aromatic rings. The van der Waals surface area contributed by atoms with Gasteiger partial charge in [0.05, 0.1) is 0 Å². The maximum absolute atomic E-state index is 13.5. The molecule has 0 saturated heterocycles. The molecule has 0 aromatic heterocycles. The highest BCUT2D eigenvalue weighted by molar-refractivity contribution is 5.83. The molecule has 0 unspecified atom stereocenters. The quantitative estimate of drug-likeness (QED) is 0.229. The molecule has 0 spiro atoms. The van der Waals surface area contributed by atoms with Crippen LogP contribution in [-0.2, 0) is 15.0 Å². The number of halogens is 14. The van der Waals surface area contributed by atoms with E-state index in [1.807, 2.05) is 0 Å². The van der Waals surface area contributed by atoms with Gasteiger partial charge in [-0.25, -0.2) is 9.59 Å². The van der Waals surface area contributed by atoms with Gasteiger partial charge < -0.3 is 9.47 Å². The van der Waals surface area contributed by atoms with Crippen molar-refractivity contribution >= 4 is 11.9 Å². The van der Waals surface area contributed by atoms with Gasteiger partial charge in [0, 0.05) is 5.56 Å². The minimum Gasteiger partial charge on any atom is -0.422 e. The Morgan fingerprint density at radius 1 is 0.611 bits per heavy atom. The summed E-state index contributed by atoms with van der Waals surface area (Å²) < 4.78 is 187. The van der Waals surface area contributed by atoms with Crippen LogP contribution in [0.2, 0.25) is 0 Å². The second kappa shape index (κ2) is 8.93. The topological polar surface area (TPSA) is 52.6 Å². The fourth-order valence-corrected chi connectivity index (χ4v) is 2.20. The lowest BCUT2D eigenvalue weighted by Gasteiger charge is -2.28. The van der Waals surface area contributed by atoms with E-state index in [1.165, 1.54) is 0 Å². The molecule has 4 nitrogen and oxygen atoms in total. The molecule has 0 aliphatic rings. The van der Waals surface area contributed by atoms with E-state index >= 15 is 0 Å². The highest BCUT2D eigenvalue weighted by Gasteiger charge is 2.78. The number of benzene rings is 1. The molecular formula is C18H12F14O4. The summed E-state index contributed by atoms with van der Waals surface area (Å²) in [7, 11) is 0. The Morgan fingerprint density at radius 2 is 0.972 bits per heavy atom. The van der Waals surface area contributed by atoms with Gasteiger partial charge in [-0.2, -0.15) is 61.5 Å². The van der Waals surface area contributed by atoms with Gasteiger partial charge in [0.25, 0.3) is 0 Å². The summed E-state index contributed by atoms with van der Waals surface area (Å²) in [4.78, 5) is 22.8. The Hall–Kier alpha value is -2.82. The first-order chi connectivity index (χ1) is 15.6. The van der Waals surface area contributed by atoms with Crippen molar-refractivity contribution in [3.8, 4) is 11.5 Å². The largest absolute Gasteiger partial charge is 0.460 e.